The highest BCUT2D eigenvalue weighted by atomic mass is 35.5. The van der Waals surface area contributed by atoms with Gasteiger partial charge in [-0.3, -0.25) is 4.79 Å². The molecule has 0 radical (unpaired) electrons. The van der Waals surface area contributed by atoms with Crippen molar-refractivity contribution < 1.29 is 17.4 Å². The first-order valence-corrected chi connectivity index (χ1v) is 7.06. The molecule has 0 aliphatic carbocycles. The topological polar surface area (TPSA) is 60.4 Å². The van der Waals surface area contributed by atoms with Gasteiger partial charge in [-0.25, -0.2) is 0 Å². The van der Waals surface area contributed by atoms with E-state index in [9.17, 15) is 13.2 Å². The Hall–Kier alpha value is -1.85. The molecule has 0 aliphatic heterocycles. The molecule has 0 saturated heterocycles. The van der Waals surface area contributed by atoms with Crippen LogP contribution in [0.15, 0.2) is 53.4 Å². The van der Waals surface area contributed by atoms with Crippen LogP contribution in [0.2, 0.25) is 5.02 Å². The molecule has 0 amide bonds. The van der Waals surface area contributed by atoms with E-state index in [-0.39, 0.29) is 15.7 Å². The molecule has 0 heterocycles. The average molecular weight is 297 g/mol. The number of carbonyl (C=O) groups excluding carboxylic acids is 1. The van der Waals surface area contributed by atoms with E-state index in [0.717, 1.165) is 0 Å². The number of carbonyl (C=O) groups is 1. The van der Waals surface area contributed by atoms with Crippen LogP contribution in [0.1, 0.15) is 10.4 Å². The van der Waals surface area contributed by atoms with E-state index in [4.69, 9.17) is 15.8 Å². The van der Waals surface area contributed by atoms with Gasteiger partial charge in [-0.05, 0) is 30.3 Å². The van der Waals surface area contributed by atoms with Crippen LogP contribution in [-0.4, -0.2) is 14.7 Å². The molecule has 2 aromatic carbocycles. The molecule has 0 bridgehead atoms. The fourth-order valence-corrected chi connectivity index (χ4v) is 2.65. The van der Waals surface area contributed by atoms with Gasteiger partial charge in [0, 0.05) is 5.56 Å². The first-order chi connectivity index (χ1) is 9.03. The Balaban J connectivity index is 2.34. The molecule has 0 aliphatic rings. The molecule has 0 spiro atoms. The molecule has 0 aromatic heterocycles. The van der Waals surface area contributed by atoms with Crippen LogP contribution in [0, 0.1) is 0 Å². The summed E-state index contributed by atoms with van der Waals surface area (Å²) < 4.78 is 28.9. The molecule has 0 N–H and O–H groups in total. The van der Waals surface area contributed by atoms with Crippen LogP contribution < -0.4 is 4.18 Å². The van der Waals surface area contributed by atoms with Gasteiger partial charge >= 0.3 is 10.1 Å². The lowest BCUT2D eigenvalue weighted by molar-refractivity contribution is 0.112. The van der Waals surface area contributed by atoms with Gasteiger partial charge in [-0.2, -0.15) is 8.42 Å². The predicted octanol–water partition coefficient (Wildman–Crippen LogP) is 2.92. The Morgan fingerprint density at radius 2 is 1.74 bits per heavy atom. The predicted molar refractivity (Wildman–Crippen MR) is 71.1 cm³/mol. The molecule has 98 valence electrons. The van der Waals surface area contributed by atoms with Gasteiger partial charge in [-0.1, -0.05) is 29.8 Å². The average Bonchev–Trinajstić information content (AvgIpc) is 2.42. The summed E-state index contributed by atoms with van der Waals surface area (Å²) in [5.41, 5.74) is 0.342. The maximum atomic E-state index is 12.0. The van der Waals surface area contributed by atoms with Crippen LogP contribution >= 0.6 is 11.6 Å². The number of rotatable bonds is 4. The van der Waals surface area contributed by atoms with E-state index in [2.05, 4.69) is 0 Å². The maximum Gasteiger partial charge on any atom is 0.339 e. The van der Waals surface area contributed by atoms with Crippen molar-refractivity contribution in [1.82, 2.24) is 0 Å². The van der Waals surface area contributed by atoms with Gasteiger partial charge < -0.3 is 4.18 Å². The summed E-state index contributed by atoms with van der Waals surface area (Å²) in [5.74, 6) is -0.0175. The van der Waals surface area contributed by atoms with E-state index in [1.54, 1.807) is 18.2 Å². The zero-order chi connectivity index (χ0) is 13.9. The zero-order valence-corrected chi connectivity index (χ0v) is 11.2. The highest BCUT2D eigenvalue weighted by Gasteiger charge is 2.17. The summed E-state index contributed by atoms with van der Waals surface area (Å²) >= 11 is 5.85. The van der Waals surface area contributed by atoms with Crippen LogP contribution in [0.4, 0.5) is 0 Å². The van der Waals surface area contributed by atoms with Crippen molar-refractivity contribution in [2.24, 2.45) is 0 Å². The highest BCUT2D eigenvalue weighted by molar-refractivity contribution is 7.87. The van der Waals surface area contributed by atoms with E-state index in [1.807, 2.05) is 0 Å². The molecular weight excluding hydrogens is 288 g/mol. The van der Waals surface area contributed by atoms with E-state index in [0.29, 0.717) is 11.8 Å². The van der Waals surface area contributed by atoms with Gasteiger partial charge in [0.1, 0.15) is 11.2 Å². The van der Waals surface area contributed by atoms with Crippen molar-refractivity contribution >= 4 is 28.0 Å². The van der Waals surface area contributed by atoms with Crippen molar-refractivity contribution in [2.45, 2.75) is 4.90 Å². The second-order valence-corrected chi connectivity index (χ2v) is 5.61. The van der Waals surface area contributed by atoms with Crippen molar-refractivity contribution in [3.63, 3.8) is 0 Å². The summed E-state index contributed by atoms with van der Waals surface area (Å²) in [5, 5.41) is 0.0594. The molecule has 19 heavy (non-hydrogen) atoms. The molecule has 2 aromatic rings. The fraction of sp³-hybridized carbons (Fsp3) is 0. The second-order valence-electron chi connectivity index (χ2n) is 3.66. The number of hydrogen-bond donors (Lipinski definition) is 0. The Labute approximate surface area is 115 Å². The number of halogens is 1. The summed E-state index contributed by atoms with van der Waals surface area (Å²) in [7, 11) is -3.93. The Morgan fingerprint density at radius 1 is 1.05 bits per heavy atom. The SMILES string of the molecule is O=Cc1ccc(OS(=O)(=O)c2ccccc2)c(Cl)c1. The third-order valence-electron chi connectivity index (χ3n) is 2.32. The molecule has 0 atom stereocenters. The second kappa shape index (κ2) is 5.42. The Bertz CT molecular complexity index is 696. The minimum Gasteiger partial charge on any atom is -0.377 e. The molecular formula is C13H9ClO4S. The Kier molecular flexibility index (Phi) is 3.87. The summed E-state index contributed by atoms with van der Waals surface area (Å²) in [6, 6.07) is 11.8. The molecule has 2 rings (SSSR count). The third kappa shape index (κ3) is 3.13. The lowest BCUT2D eigenvalue weighted by Crippen LogP contribution is -2.09. The Morgan fingerprint density at radius 3 is 2.32 bits per heavy atom. The van der Waals surface area contributed by atoms with Crippen molar-refractivity contribution in [3.05, 3.63) is 59.1 Å². The van der Waals surface area contributed by atoms with Gasteiger partial charge in [0.05, 0.1) is 5.02 Å². The molecule has 0 saturated carbocycles. The minimum absolute atomic E-state index is 0.0175. The first kappa shape index (κ1) is 13.6. The molecule has 0 fully saturated rings. The standard InChI is InChI=1S/C13H9ClO4S/c14-12-8-10(9-15)6-7-13(12)18-19(16,17)11-4-2-1-3-5-11/h1-9H. The molecule has 4 nitrogen and oxygen atoms in total. The first-order valence-electron chi connectivity index (χ1n) is 5.27. The minimum atomic E-state index is -3.93. The lowest BCUT2D eigenvalue weighted by atomic mass is 10.2. The van der Waals surface area contributed by atoms with E-state index in [1.165, 1.54) is 30.3 Å². The van der Waals surface area contributed by atoms with Gasteiger partial charge in [0.25, 0.3) is 0 Å². The van der Waals surface area contributed by atoms with Crippen LogP contribution in [0.3, 0.4) is 0 Å². The van der Waals surface area contributed by atoms with Crippen LogP contribution in [-0.2, 0) is 10.1 Å². The van der Waals surface area contributed by atoms with Crippen LogP contribution in [0.5, 0.6) is 5.75 Å². The normalized spacial score (nSPS) is 11.0. The molecule has 6 heteroatoms. The largest absolute Gasteiger partial charge is 0.377 e. The van der Waals surface area contributed by atoms with Crippen LogP contribution in [0.25, 0.3) is 0 Å². The van der Waals surface area contributed by atoms with E-state index < -0.39 is 10.1 Å². The van der Waals surface area contributed by atoms with Crippen molar-refractivity contribution in [1.29, 1.82) is 0 Å². The maximum absolute atomic E-state index is 12.0. The number of hydrogen-bond acceptors (Lipinski definition) is 4. The number of aldehydes is 1. The third-order valence-corrected chi connectivity index (χ3v) is 3.87. The lowest BCUT2D eigenvalue weighted by Gasteiger charge is -2.08. The number of benzene rings is 2. The van der Waals surface area contributed by atoms with Crippen molar-refractivity contribution in [3.8, 4) is 5.75 Å². The van der Waals surface area contributed by atoms with Gasteiger partial charge in [0.15, 0.2) is 5.75 Å². The monoisotopic (exact) mass is 296 g/mol. The summed E-state index contributed by atoms with van der Waals surface area (Å²) in [4.78, 5) is 10.6. The quantitative estimate of drug-likeness (QED) is 0.643. The van der Waals surface area contributed by atoms with E-state index >= 15 is 0 Å². The van der Waals surface area contributed by atoms with Gasteiger partial charge in [0.2, 0.25) is 0 Å². The fourth-order valence-electron chi connectivity index (χ4n) is 1.41. The van der Waals surface area contributed by atoms with Gasteiger partial charge in [-0.15, -0.1) is 0 Å². The zero-order valence-electron chi connectivity index (χ0n) is 9.62. The smallest absolute Gasteiger partial charge is 0.339 e. The highest BCUT2D eigenvalue weighted by Crippen LogP contribution is 2.28. The van der Waals surface area contributed by atoms with Crippen molar-refractivity contribution in [2.75, 3.05) is 0 Å². The summed E-state index contributed by atoms with van der Waals surface area (Å²) in [6.07, 6.45) is 0.612. The molecule has 0 unspecified atom stereocenters. The summed E-state index contributed by atoms with van der Waals surface area (Å²) in [6.45, 7) is 0.